The number of rotatable bonds is 27. The van der Waals surface area contributed by atoms with Crippen molar-refractivity contribution in [1.29, 1.82) is 0 Å². The van der Waals surface area contributed by atoms with E-state index in [1.807, 2.05) is 0 Å². The van der Waals surface area contributed by atoms with Gasteiger partial charge in [0.15, 0.2) is 0 Å². The Balaban J connectivity index is 1.95. The third-order valence-corrected chi connectivity index (χ3v) is 14.4. The molecule has 0 aromatic heterocycles. The Morgan fingerprint density at radius 3 is 1.04 bits per heavy atom. The Hall–Kier alpha value is 0.114. The van der Waals surface area contributed by atoms with Crippen molar-refractivity contribution in [2.75, 3.05) is 52.6 Å². The maximum atomic E-state index is 5.90. The first-order valence-corrected chi connectivity index (χ1v) is 24.7. The van der Waals surface area contributed by atoms with Gasteiger partial charge >= 0.3 is 0 Å². The van der Waals surface area contributed by atoms with E-state index in [1.165, 1.54) is 102 Å². The molecule has 0 atom stereocenters. The van der Waals surface area contributed by atoms with Gasteiger partial charge in [-0.05, 0) is 161 Å². The SMILES string of the molecule is CCOC(OCC)[SiH2]CCCN(CCCCCCN(CCC[SiH2]C(OCC)OCC)C1CC(C)(C)NC(C)(C)C1)C1CC(C)(C)NC(C)(C)C1. The lowest BCUT2D eigenvalue weighted by molar-refractivity contribution is -0.0830. The highest BCUT2D eigenvalue weighted by Crippen LogP contribution is 2.33. The molecule has 0 bridgehead atoms. The van der Waals surface area contributed by atoms with Gasteiger partial charge in [-0.25, -0.2) is 0 Å². The lowest BCUT2D eigenvalue weighted by Crippen LogP contribution is -2.62. The third-order valence-electron chi connectivity index (χ3n) is 10.7. The molecule has 2 heterocycles. The van der Waals surface area contributed by atoms with Crippen molar-refractivity contribution >= 4 is 19.0 Å². The lowest BCUT2D eigenvalue weighted by atomic mass is 9.79. The van der Waals surface area contributed by atoms with E-state index < -0.39 is 19.0 Å². The fraction of sp³-hybridized carbons (Fsp3) is 1.00. The molecule has 0 radical (unpaired) electrons. The Morgan fingerprint density at radius 2 is 0.760 bits per heavy atom. The standard InChI is InChI=1S/C40H86N4O4Si2/c1-13-45-35(46-14-2)49-27-21-25-43(33-29-37(5,6)41-38(7,8)30-33)23-19-17-18-20-24-44(26-22-28-50-36(47-15-3)48-16-4)34-31-39(9,10)42-40(11,12)32-34/h33-36,41-42H,13-32,49-50H2,1-12H3. The lowest BCUT2D eigenvalue weighted by Gasteiger charge is -2.50. The summed E-state index contributed by atoms with van der Waals surface area (Å²) in [5.74, 6) is 0.168. The van der Waals surface area contributed by atoms with E-state index in [-0.39, 0.29) is 34.0 Å². The molecule has 0 unspecified atom stereocenters. The molecule has 0 saturated carbocycles. The summed E-state index contributed by atoms with van der Waals surface area (Å²) in [6, 6.07) is 3.88. The first kappa shape index (κ1) is 46.3. The van der Waals surface area contributed by atoms with Gasteiger partial charge in [0.1, 0.15) is 11.8 Å². The number of nitrogens with zero attached hydrogens (tertiary/aromatic N) is 2. The van der Waals surface area contributed by atoms with Gasteiger partial charge in [0, 0.05) is 60.7 Å². The molecule has 0 aromatic carbocycles. The largest absolute Gasteiger partial charge is 0.357 e. The highest BCUT2D eigenvalue weighted by Gasteiger charge is 2.41. The molecular formula is C40H86N4O4Si2. The first-order chi connectivity index (χ1) is 23.5. The van der Waals surface area contributed by atoms with Crippen LogP contribution in [-0.2, 0) is 18.9 Å². The Labute approximate surface area is 315 Å². The van der Waals surface area contributed by atoms with Crippen molar-refractivity contribution in [3.63, 3.8) is 0 Å². The van der Waals surface area contributed by atoms with Crippen LogP contribution in [0.3, 0.4) is 0 Å². The van der Waals surface area contributed by atoms with E-state index in [9.17, 15) is 0 Å². The smallest absolute Gasteiger partial charge is 0.134 e. The van der Waals surface area contributed by atoms with E-state index in [2.05, 4.69) is 104 Å². The highest BCUT2D eigenvalue weighted by atomic mass is 28.2. The Bertz CT molecular complexity index is 779. The number of hydrogen-bond acceptors (Lipinski definition) is 8. The monoisotopic (exact) mass is 743 g/mol. The Morgan fingerprint density at radius 1 is 0.480 bits per heavy atom. The molecule has 0 amide bonds. The summed E-state index contributed by atoms with van der Waals surface area (Å²) in [5.41, 5.74) is 0.687. The van der Waals surface area contributed by atoms with Crippen LogP contribution in [0.15, 0.2) is 0 Å². The molecular weight excluding hydrogens is 657 g/mol. The van der Waals surface area contributed by atoms with Crippen LogP contribution in [0.2, 0.25) is 12.1 Å². The number of piperidine rings is 2. The molecule has 298 valence electrons. The zero-order valence-corrected chi connectivity index (χ0v) is 38.2. The first-order valence-electron chi connectivity index (χ1n) is 21.1. The van der Waals surface area contributed by atoms with Crippen molar-refractivity contribution < 1.29 is 18.9 Å². The van der Waals surface area contributed by atoms with Gasteiger partial charge < -0.3 is 39.4 Å². The molecule has 2 saturated heterocycles. The third kappa shape index (κ3) is 18.9. The van der Waals surface area contributed by atoms with Crippen molar-refractivity contribution in [1.82, 2.24) is 20.4 Å². The average molecular weight is 743 g/mol. The molecule has 8 nitrogen and oxygen atoms in total. The minimum Gasteiger partial charge on any atom is -0.357 e. The normalized spacial score (nSPS) is 21.4. The van der Waals surface area contributed by atoms with Gasteiger partial charge in [-0.3, -0.25) is 0 Å². The van der Waals surface area contributed by atoms with Crippen LogP contribution in [0.1, 0.15) is 147 Å². The van der Waals surface area contributed by atoms with E-state index in [0.717, 1.165) is 26.4 Å². The molecule has 0 aromatic rings. The number of nitrogens with one attached hydrogen (secondary N) is 2. The zero-order chi connectivity index (χ0) is 37.3. The van der Waals surface area contributed by atoms with Gasteiger partial charge in [-0.15, -0.1) is 0 Å². The second kappa shape index (κ2) is 23.1. The van der Waals surface area contributed by atoms with E-state index in [4.69, 9.17) is 18.9 Å². The summed E-state index contributed by atoms with van der Waals surface area (Å²) < 4.78 is 23.6. The quantitative estimate of drug-likeness (QED) is 0.0567. The van der Waals surface area contributed by atoms with Crippen LogP contribution < -0.4 is 10.6 Å². The predicted molar refractivity (Wildman–Crippen MR) is 220 cm³/mol. The highest BCUT2D eigenvalue weighted by molar-refractivity contribution is 6.36. The summed E-state index contributed by atoms with van der Waals surface area (Å²) in [7, 11) is -0.787. The zero-order valence-electron chi connectivity index (χ0n) is 35.4. The molecule has 2 aliphatic rings. The van der Waals surface area contributed by atoms with Crippen LogP contribution >= 0.6 is 0 Å². The predicted octanol–water partition coefficient (Wildman–Crippen LogP) is 6.44. The second-order valence-corrected chi connectivity index (χ2v) is 22.0. The van der Waals surface area contributed by atoms with E-state index >= 15 is 0 Å². The van der Waals surface area contributed by atoms with Crippen molar-refractivity contribution in [2.45, 2.75) is 205 Å². The van der Waals surface area contributed by atoms with Crippen molar-refractivity contribution in [3.8, 4) is 0 Å². The molecule has 0 aliphatic carbocycles. The van der Waals surface area contributed by atoms with E-state index in [0.29, 0.717) is 12.1 Å². The topological polar surface area (TPSA) is 67.5 Å². The number of unbranched alkanes of at least 4 members (excludes halogenated alkanes) is 3. The number of ether oxygens (including phenoxy) is 4. The summed E-state index contributed by atoms with van der Waals surface area (Å²) >= 11 is 0. The van der Waals surface area contributed by atoms with Gasteiger partial charge in [0.2, 0.25) is 0 Å². The summed E-state index contributed by atoms with van der Waals surface area (Å²) in [6.07, 6.45) is 12.7. The summed E-state index contributed by atoms with van der Waals surface area (Å²) in [5, 5.41) is 7.84. The molecule has 2 aliphatic heterocycles. The van der Waals surface area contributed by atoms with Gasteiger partial charge in [-0.1, -0.05) is 24.9 Å². The van der Waals surface area contributed by atoms with Gasteiger partial charge in [0.25, 0.3) is 0 Å². The Kier molecular flexibility index (Phi) is 21.4. The van der Waals surface area contributed by atoms with Gasteiger partial charge in [-0.2, -0.15) is 0 Å². The molecule has 10 heteroatoms. The summed E-state index contributed by atoms with van der Waals surface area (Å²) in [6.45, 7) is 35.4. The number of hydrogen-bond donors (Lipinski definition) is 2. The van der Waals surface area contributed by atoms with Crippen LogP contribution in [0.4, 0.5) is 0 Å². The maximum Gasteiger partial charge on any atom is 0.134 e. The van der Waals surface area contributed by atoms with Crippen molar-refractivity contribution in [3.05, 3.63) is 0 Å². The molecule has 2 N–H and O–H groups in total. The minimum atomic E-state index is -0.394. The molecule has 2 rings (SSSR count). The average Bonchev–Trinajstić information content (AvgIpc) is 2.98. The van der Waals surface area contributed by atoms with Crippen LogP contribution in [0, 0.1) is 0 Å². The second-order valence-electron chi connectivity index (χ2n) is 18.1. The molecule has 0 spiro atoms. The van der Waals surface area contributed by atoms with Gasteiger partial charge in [0.05, 0.1) is 19.0 Å². The van der Waals surface area contributed by atoms with Crippen LogP contribution in [-0.4, -0.2) is 128 Å². The maximum absolute atomic E-state index is 5.90. The summed E-state index contributed by atoms with van der Waals surface area (Å²) in [4.78, 5) is 5.75. The fourth-order valence-electron chi connectivity index (χ4n) is 9.42. The van der Waals surface area contributed by atoms with Crippen molar-refractivity contribution in [2.24, 2.45) is 0 Å². The van der Waals surface area contributed by atoms with Crippen LogP contribution in [0.5, 0.6) is 0 Å². The molecule has 50 heavy (non-hydrogen) atoms. The molecule has 2 fully saturated rings. The minimum absolute atomic E-state index is 0.0842. The fourth-order valence-corrected chi connectivity index (χ4v) is 12.7. The van der Waals surface area contributed by atoms with E-state index in [1.54, 1.807) is 0 Å². The van der Waals surface area contributed by atoms with Crippen LogP contribution in [0.25, 0.3) is 0 Å².